The molecular weight excluding hydrogens is 425 g/mol. The second-order valence-electron chi connectivity index (χ2n) is 8.99. The van der Waals surface area contributed by atoms with E-state index in [0.29, 0.717) is 24.8 Å². The molecule has 2 aromatic rings. The van der Waals surface area contributed by atoms with Crippen LogP contribution < -0.4 is 5.32 Å². The van der Waals surface area contributed by atoms with Crippen molar-refractivity contribution >= 4 is 11.8 Å². The molecule has 7 nitrogen and oxygen atoms in total. The highest BCUT2D eigenvalue weighted by atomic mass is 19.4. The van der Waals surface area contributed by atoms with Crippen molar-refractivity contribution in [2.75, 3.05) is 13.1 Å². The van der Waals surface area contributed by atoms with Crippen LogP contribution in [0.3, 0.4) is 0 Å². The minimum Gasteiger partial charge on any atom is -0.344 e. The number of carbonyl (C=O) groups excluding carboxylic acids is 2. The number of likely N-dealkylation sites (tertiary alicyclic amines) is 1. The second-order valence-corrected chi connectivity index (χ2v) is 8.99. The van der Waals surface area contributed by atoms with Crippen LogP contribution in [0.5, 0.6) is 0 Å². The molecule has 3 aliphatic rings. The smallest absolute Gasteiger partial charge is 0.344 e. The first kappa shape index (κ1) is 21.0. The van der Waals surface area contributed by atoms with Crippen LogP contribution in [-0.2, 0) is 15.0 Å². The van der Waals surface area contributed by atoms with E-state index < -0.39 is 35.4 Å². The number of piperidine rings is 1. The zero-order valence-corrected chi connectivity index (χ0v) is 17.3. The fourth-order valence-corrected chi connectivity index (χ4v) is 5.45. The molecule has 32 heavy (non-hydrogen) atoms. The lowest BCUT2D eigenvalue weighted by Crippen LogP contribution is -2.55. The fraction of sp³-hybridized carbons (Fsp3) is 0.545. The Hall–Kier alpha value is -2.91. The molecule has 0 unspecified atom stereocenters. The van der Waals surface area contributed by atoms with Crippen molar-refractivity contribution in [3.8, 4) is 11.4 Å². The Morgan fingerprint density at radius 1 is 1.19 bits per heavy atom. The number of aromatic nitrogens is 2. The van der Waals surface area contributed by atoms with Gasteiger partial charge in [-0.3, -0.25) is 9.59 Å². The number of alkyl halides is 3. The highest BCUT2D eigenvalue weighted by Gasteiger charge is 2.56. The molecule has 1 N–H and O–H groups in total. The van der Waals surface area contributed by atoms with E-state index in [2.05, 4.69) is 10.1 Å². The zero-order chi connectivity index (χ0) is 22.5. The SMILES string of the molecule is O=C1N[C@@H](C(F)(F)F)CC[C@@H]1C(=O)N1C[C@H]2CCC[C@@]2(c2nc(-c3ccccc3)no2)C1. The molecule has 1 aromatic heterocycles. The van der Waals surface area contributed by atoms with Crippen LogP contribution in [0, 0.1) is 11.8 Å². The molecular formula is C22H23F3N4O3. The fourth-order valence-electron chi connectivity index (χ4n) is 5.45. The van der Waals surface area contributed by atoms with Crippen LogP contribution >= 0.6 is 0 Å². The Labute approximate surface area is 182 Å². The number of rotatable bonds is 3. The predicted molar refractivity (Wildman–Crippen MR) is 106 cm³/mol. The number of nitrogens with zero attached hydrogens (tertiary/aromatic N) is 3. The van der Waals surface area contributed by atoms with Gasteiger partial charge in [0.25, 0.3) is 0 Å². The van der Waals surface area contributed by atoms with Gasteiger partial charge in [0.2, 0.25) is 23.5 Å². The number of amides is 2. The molecule has 170 valence electrons. The first-order chi connectivity index (χ1) is 15.3. The Morgan fingerprint density at radius 2 is 1.97 bits per heavy atom. The molecule has 3 fully saturated rings. The van der Waals surface area contributed by atoms with E-state index in [0.717, 1.165) is 24.8 Å². The summed E-state index contributed by atoms with van der Waals surface area (Å²) < 4.78 is 44.4. The highest BCUT2D eigenvalue weighted by molar-refractivity contribution is 6.01. The number of benzene rings is 1. The Balaban J connectivity index is 1.34. The van der Waals surface area contributed by atoms with Crippen LogP contribution in [0.1, 0.15) is 38.0 Å². The normalized spacial score (nSPS) is 30.3. The summed E-state index contributed by atoms with van der Waals surface area (Å²) in [5, 5.41) is 6.10. The lowest BCUT2D eigenvalue weighted by Gasteiger charge is -2.32. The number of hydrogen-bond acceptors (Lipinski definition) is 5. The van der Waals surface area contributed by atoms with Gasteiger partial charge < -0.3 is 14.7 Å². The number of hydrogen-bond donors (Lipinski definition) is 1. The molecule has 2 saturated heterocycles. The predicted octanol–water partition coefficient (Wildman–Crippen LogP) is 3.07. The summed E-state index contributed by atoms with van der Waals surface area (Å²) in [7, 11) is 0. The molecule has 0 spiro atoms. The lowest BCUT2D eigenvalue weighted by atomic mass is 9.80. The second kappa shape index (κ2) is 7.60. The minimum atomic E-state index is -4.51. The summed E-state index contributed by atoms with van der Waals surface area (Å²) in [6.45, 7) is 0.772. The van der Waals surface area contributed by atoms with E-state index in [-0.39, 0.29) is 18.8 Å². The van der Waals surface area contributed by atoms with Crippen LogP contribution in [0.15, 0.2) is 34.9 Å². The van der Waals surface area contributed by atoms with Gasteiger partial charge in [0.05, 0.1) is 5.41 Å². The molecule has 4 atom stereocenters. The van der Waals surface area contributed by atoms with Crippen LogP contribution in [0.2, 0.25) is 0 Å². The van der Waals surface area contributed by atoms with E-state index in [1.807, 2.05) is 35.6 Å². The van der Waals surface area contributed by atoms with E-state index >= 15 is 0 Å². The van der Waals surface area contributed by atoms with Gasteiger partial charge in [0.15, 0.2) is 0 Å². The molecule has 3 heterocycles. The van der Waals surface area contributed by atoms with Gasteiger partial charge in [-0.25, -0.2) is 0 Å². The molecule has 10 heteroatoms. The van der Waals surface area contributed by atoms with Crippen molar-refractivity contribution in [3.05, 3.63) is 36.2 Å². The standard InChI is InChI=1S/C22H23F3N4O3/c23-22(24,25)16-9-8-15(18(30)26-16)19(31)29-11-14-7-4-10-21(14,12-29)20-27-17(28-32-20)13-5-2-1-3-6-13/h1-3,5-6,14-16H,4,7-12H2,(H,26,30)/t14-,15+,16-,21-/m1/s1. The maximum Gasteiger partial charge on any atom is 0.408 e. The molecule has 2 aliphatic heterocycles. The number of nitrogens with one attached hydrogen (secondary N) is 1. The summed E-state index contributed by atoms with van der Waals surface area (Å²) in [5.41, 5.74) is 0.354. The van der Waals surface area contributed by atoms with Gasteiger partial charge in [0, 0.05) is 18.7 Å². The Kier molecular flexibility index (Phi) is 4.98. The quantitative estimate of drug-likeness (QED) is 0.730. The zero-order valence-electron chi connectivity index (χ0n) is 17.3. The number of carbonyl (C=O) groups is 2. The Morgan fingerprint density at radius 3 is 2.69 bits per heavy atom. The third-order valence-electron chi connectivity index (χ3n) is 7.14. The van der Waals surface area contributed by atoms with Crippen molar-refractivity contribution in [3.63, 3.8) is 0 Å². The molecule has 1 aromatic carbocycles. The first-order valence-electron chi connectivity index (χ1n) is 10.8. The van der Waals surface area contributed by atoms with Crippen molar-refractivity contribution in [2.24, 2.45) is 11.8 Å². The van der Waals surface area contributed by atoms with Crippen LogP contribution in [-0.4, -0.2) is 52.2 Å². The molecule has 1 aliphatic carbocycles. The van der Waals surface area contributed by atoms with E-state index in [9.17, 15) is 22.8 Å². The molecule has 1 saturated carbocycles. The van der Waals surface area contributed by atoms with Gasteiger partial charge in [-0.15, -0.1) is 0 Å². The summed E-state index contributed by atoms with van der Waals surface area (Å²) in [6, 6.07) is 7.55. The van der Waals surface area contributed by atoms with Gasteiger partial charge in [-0.05, 0) is 31.6 Å². The summed E-state index contributed by atoms with van der Waals surface area (Å²) in [4.78, 5) is 31.7. The molecule has 0 bridgehead atoms. The Bertz CT molecular complexity index is 1020. The highest BCUT2D eigenvalue weighted by Crippen LogP contribution is 2.50. The van der Waals surface area contributed by atoms with Gasteiger partial charge in [-0.2, -0.15) is 18.2 Å². The molecule has 0 radical (unpaired) electrons. The lowest BCUT2D eigenvalue weighted by molar-refractivity contribution is -0.172. The van der Waals surface area contributed by atoms with Crippen molar-refractivity contribution < 1.29 is 27.3 Å². The first-order valence-corrected chi connectivity index (χ1v) is 10.8. The topological polar surface area (TPSA) is 88.3 Å². The molecule has 5 rings (SSSR count). The van der Waals surface area contributed by atoms with E-state index in [1.165, 1.54) is 0 Å². The van der Waals surface area contributed by atoms with E-state index in [1.54, 1.807) is 4.90 Å². The monoisotopic (exact) mass is 448 g/mol. The largest absolute Gasteiger partial charge is 0.408 e. The summed E-state index contributed by atoms with van der Waals surface area (Å²) in [5.74, 6) is -1.27. The number of halogens is 3. The van der Waals surface area contributed by atoms with Crippen molar-refractivity contribution in [1.82, 2.24) is 20.4 Å². The third-order valence-corrected chi connectivity index (χ3v) is 7.14. The average Bonchev–Trinajstić information content (AvgIpc) is 3.47. The summed E-state index contributed by atoms with van der Waals surface area (Å²) >= 11 is 0. The van der Waals surface area contributed by atoms with Crippen LogP contribution in [0.4, 0.5) is 13.2 Å². The molecule has 2 amide bonds. The maximum absolute atomic E-state index is 13.1. The average molecular weight is 448 g/mol. The van der Waals surface area contributed by atoms with E-state index in [4.69, 9.17) is 4.52 Å². The number of fused-ring (bicyclic) bond motifs is 1. The summed E-state index contributed by atoms with van der Waals surface area (Å²) in [6.07, 6.45) is -2.27. The minimum absolute atomic E-state index is 0.109. The van der Waals surface area contributed by atoms with Gasteiger partial charge >= 0.3 is 6.18 Å². The third kappa shape index (κ3) is 3.45. The van der Waals surface area contributed by atoms with Crippen molar-refractivity contribution in [1.29, 1.82) is 0 Å². The van der Waals surface area contributed by atoms with Crippen LogP contribution in [0.25, 0.3) is 11.4 Å². The van der Waals surface area contributed by atoms with Gasteiger partial charge in [0.1, 0.15) is 12.0 Å². The van der Waals surface area contributed by atoms with Crippen molar-refractivity contribution in [2.45, 2.75) is 49.7 Å². The van der Waals surface area contributed by atoms with Gasteiger partial charge in [-0.1, -0.05) is 41.9 Å². The maximum atomic E-state index is 13.1.